The molecule has 1 amide bonds. The van der Waals surface area contributed by atoms with Crippen LogP contribution in [-0.2, 0) is 10.3 Å². The maximum Gasteiger partial charge on any atom is 0.231 e. The van der Waals surface area contributed by atoms with Crippen molar-refractivity contribution in [3.8, 4) is 11.1 Å². The maximum absolute atomic E-state index is 12.3. The summed E-state index contributed by atoms with van der Waals surface area (Å²) in [7, 11) is 1.63. The van der Waals surface area contributed by atoms with Gasteiger partial charge < -0.3 is 5.32 Å². The molecule has 0 spiro atoms. The molecule has 25 heavy (non-hydrogen) atoms. The number of benzene rings is 1. The highest BCUT2D eigenvalue weighted by atomic mass is 32.1. The van der Waals surface area contributed by atoms with Gasteiger partial charge >= 0.3 is 0 Å². The van der Waals surface area contributed by atoms with Gasteiger partial charge in [-0.1, -0.05) is 6.07 Å². The van der Waals surface area contributed by atoms with E-state index in [-0.39, 0.29) is 11.9 Å². The Bertz CT molecular complexity index is 962. The van der Waals surface area contributed by atoms with E-state index in [2.05, 4.69) is 33.9 Å². The predicted molar refractivity (Wildman–Crippen MR) is 101 cm³/mol. The summed E-state index contributed by atoms with van der Waals surface area (Å²) in [5, 5.41) is 14.5. The quantitative estimate of drug-likeness (QED) is 0.742. The van der Waals surface area contributed by atoms with Gasteiger partial charge in [0.25, 0.3) is 0 Å². The number of pyridine rings is 1. The fraction of sp³-hybridized carbons (Fsp3) is 0.211. The molecular formula is C19H18N4OS. The van der Waals surface area contributed by atoms with E-state index in [4.69, 9.17) is 5.41 Å². The van der Waals surface area contributed by atoms with Gasteiger partial charge in [0, 0.05) is 35.3 Å². The molecule has 4 rings (SSSR count). The molecule has 1 aliphatic rings. The second kappa shape index (κ2) is 5.67. The lowest BCUT2D eigenvalue weighted by molar-refractivity contribution is -0.129. The molecule has 5 nitrogen and oxygen atoms in total. The Hall–Kier alpha value is -2.73. The SMILES string of the molecule is CN1C(=N)N[C@](C)(c2cc(-c3cccnc3)c3sccc3c2)CC1=O. The van der Waals surface area contributed by atoms with Crippen LogP contribution in [0.3, 0.4) is 0 Å². The lowest BCUT2D eigenvalue weighted by Crippen LogP contribution is -2.58. The molecule has 1 saturated heterocycles. The standard InChI is InChI=1S/C19H18N4OS/c1-19(10-16(24)23(2)18(20)22-19)14-8-12-5-7-25-17(12)15(9-14)13-4-3-6-21-11-13/h3-9,11H,10H2,1-2H3,(H2,20,22)/t19-/m0/s1. The van der Waals surface area contributed by atoms with Crippen LogP contribution in [0.25, 0.3) is 21.2 Å². The van der Waals surface area contributed by atoms with Crippen molar-refractivity contribution in [3.63, 3.8) is 0 Å². The summed E-state index contributed by atoms with van der Waals surface area (Å²) < 4.78 is 1.20. The Morgan fingerprint density at radius 1 is 1.36 bits per heavy atom. The minimum Gasteiger partial charge on any atom is -0.346 e. The second-order valence-corrected chi connectivity index (χ2v) is 7.46. The Morgan fingerprint density at radius 2 is 2.20 bits per heavy atom. The van der Waals surface area contributed by atoms with Gasteiger partial charge in [-0.25, -0.2) is 0 Å². The summed E-state index contributed by atoms with van der Waals surface area (Å²) in [6, 6.07) is 10.3. The summed E-state index contributed by atoms with van der Waals surface area (Å²) in [5.41, 5.74) is 2.56. The number of hydrogen-bond acceptors (Lipinski definition) is 4. The first-order valence-electron chi connectivity index (χ1n) is 8.03. The van der Waals surface area contributed by atoms with E-state index in [0.717, 1.165) is 22.1 Å². The van der Waals surface area contributed by atoms with Crippen LogP contribution in [0.15, 0.2) is 48.1 Å². The van der Waals surface area contributed by atoms with Crippen molar-refractivity contribution in [2.45, 2.75) is 18.9 Å². The fourth-order valence-corrected chi connectivity index (χ4v) is 4.16. The van der Waals surface area contributed by atoms with Gasteiger partial charge in [0.05, 0.1) is 12.0 Å². The number of aromatic nitrogens is 1. The molecule has 2 aromatic heterocycles. The van der Waals surface area contributed by atoms with E-state index in [9.17, 15) is 4.79 Å². The zero-order valence-corrected chi connectivity index (χ0v) is 14.9. The van der Waals surface area contributed by atoms with Crippen LogP contribution in [0.4, 0.5) is 0 Å². The van der Waals surface area contributed by atoms with Gasteiger partial charge in [-0.3, -0.25) is 20.1 Å². The van der Waals surface area contributed by atoms with Crippen molar-refractivity contribution in [1.29, 1.82) is 5.41 Å². The molecule has 3 heterocycles. The molecule has 1 atom stereocenters. The molecule has 6 heteroatoms. The third-order valence-corrected chi connectivity index (χ3v) is 5.73. The first-order valence-corrected chi connectivity index (χ1v) is 8.91. The predicted octanol–water partition coefficient (Wildman–Crippen LogP) is 3.56. The van der Waals surface area contributed by atoms with Crippen LogP contribution >= 0.6 is 11.3 Å². The molecule has 0 bridgehead atoms. The van der Waals surface area contributed by atoms with Gasteiger partial charge in [-0.15, -0.1) is 11.3 Å². The van der Waals surface area contributed by atoms with Gasteiger partial charge in [-0.2, -0.15) is 0 Å². The van der Waals surface area contributed by atoms with Crippen LogP contribution in [-0.4, -0.2) is 28.8 Å². The van der Waals surface area contributed by atoms with Gasteiger partial charge in [0.2, 0.25) is 5.91 Å². The Kier molecular flexibility index (Phi) is 3.58. The number of nitrogens with one attached hydrogen (secondary N) is 2. The lowest BCUT2D eigenvalue weighted by atomic mass is 9.84. The van der Waals surface area contributed by atoms with Crippen molar-refractivity contribution >= 4 is 33.3 Å². The van der Waals surface area contributed by atoms with Crippen molar-refractivity contribution in [2.24, 2.45) is 0 Å². The normalized spacial score (nSPS) is 20.8. The third-order valence-electron chi connectivity index (χ3n) is 4.77. The summed E-state index contributed by atoms with van der Waals surface area (Å²) in [6.07, 6.45) is 3.93. The van der Waals surface area contributed by atoms with E-state index < -0.39 is 5.54 Å². The number of amides is 1. The average Bonchev–Trinajstić information content (AvgIpc) is 3.08. The van der Waals surface area contributed by atoms with Crippen LogP contribution < -0.4 is 5.32 Å². The number of rotatable bonds is 2. The van der Waals surface area contributed by atoms with E-state index in [0.29, 0.717) is 6.42 Å². The zero-order chi connectivity index (χ0) is 17.6. The molecule has 2 N–H and O–H groups in total. The molecule has 1 fully saturated rings. The Morgan fingerprint density at radius 3 is 2.92 bits per heavy atom. The smallest absolute Gasteiger partial charge is 0.231 e. The highest BCUT2D eigenvalue weighted by Crippen LogP contribution is 2.38. The lowest BCUT2D eigenvalue weighted by Gasteiger charge is -2.39. The van der Waals surface area contributed by atoms with Crippen LogP contribution in [0.1, 0.15) is 18.9 Å². The fourth-order valence-electron chi connectivity index (χ4n) is 3.25. The van der Waals surface area contributed by atoms with Crippen LogP contribution in [0.5, 0.6) is 0 Å². The van der Waals surface area contributed by atoms with Crippen molar-refractivity contribution in [3.05, 3.63) is 53.7 Å². The molecule has 0 saturated carbocycles. The molecule has 126 valence electrons. The van der Waals surface area contributed by atoms with Gasteiger partial charge in [-0.05, 0) is 47.5 Å². The average molecular weight is 350 g/mol. The maximum atomic E-state index is 12.3. The summed E-state index contributed by atoms with van der Waals surface area (Å²) in [4.78, 5) is 17.9. The van der Waals surface area contributed by atoms with E-state index in [1.54, 1.807) is 24.6 Å². The van der Waals surface area contributed by atoms with Crippen LogP contribution in [0, 0.1) is 5.41 Å². The number of hydrogen-bond donors (Lipinski definition) is 2. The highest BCUT2D eigenvalue weighted by molar-refractivity contribution is 7.17. The van der Waals surface area contributed by atoms with Crippen molar-refractivity contribution in [1.82, 2.24) is 15.2 Å². The van der Waals surface area contributed by atoms with Crippen LogP contribution in [0.2, 0.25) is 0 Å². The molecule has 1 aliphatic heterocycles. The largest absolute Gasteiger partial charge is 0.346 e. The number of carbonyl (C=O) groups excluding carboxylic acids is 1. The second-order valence-electron chi connectivity index (χ2n) is 6.54. The Labute approximate surface area is 149 Å². The summed E-state index contributed by atoms with van der Waals surface area (Å²) >= 11 is 1.70. The molecule has 1 aromatic carbocycles. The topological polar surface area (TPSA) is 69.1 Å². The van der Waals surface area contributed by atoms with Crippen molar-refractivity contribution in [2.75, 3.05) is 7.05 Å². The highest BCUT2D eigenvalue weighted by Gasteiger charge is 2.38. The zero-order valence-electron chi connectivity index (χ0n) is 14.0. The minimum absolute atomic E-state index is 0.0559. The monoisotopic (exact) mass is 350 g/mol. The Balaban J connectivity index is 1.89. The van der Waals surface area contributed by atoms with E-state index in [1.807, 2.05) is 25.3 Å². The number of guanidine groups is 1. The van der Waals surface area contributed by atoms with Gasteiger partial charge in [0.15, 0.2) is 5.96 Å². The molecule has 0 radical (unpaired) electrons. The van der Waals surface area contributed by atoms with E-state index >= 15 is 0 Å². The number of fused-ring (bicyclic) bond motifs is 1. The van der Waals surface area contributed by atoms with E-state index in [1.165, 1.54) is 9.60 Å². The minimum atomic E-state index is -0.603. The molecule has 0 aliphatic carbocycles. The number of thiophene rings is 1. The molecule has 0 unspecified atom stereocenters. The number of carbonyl (C=O) groups is 1. The summed E-state index contributed by atoms with van der Waals surface area (Å²) in [5.74, 6) is 0.0756. The van der Waals surface area contributed by atoms with Crippen molar-refractivity contribution < 1.29 is 4.79 Å². The molecular weight excluding hydrogens is 332 g/mol. The molecule has 3 aromatic rings. The number of nitrogens with zero attached hydrogens (tertiary/aromatic N) is 2. The first kappa shape index (κ1) is 15.8. The van der Waals surface area contributed by atoms with Gasteiger partial charge in [0.1, 0.15) is 0 Å². The third kappa shape index (κ3) is 2.59. The summed E-state index contributed by atoms with van der Waals surface area (Å²) in [6.45, 7) is 1.98. The first-order chi connectivity index (χ1) is 12.0.